The highest BCUT2D eigenvalue weighted by Gasteiger charge is 2.18. The molecule has 2 atom stereocenters. The average Bonchev–Trinajstić information content (AvgIpc) is 2.30. The number of methoxy groups -OCH3 is 3. The van der Waals surface area contributed by atoms with Crippen molar-refractivity contribution in [1.29, 1.82) is 0 Å². The van der Waals surface area contributed by atoms with E-state index in [9.17, 15) is 0 Å². The molecule has 2 unspecified atom stereocenters. The summed E-state index contributed by atoms with van der Waals surface area (Å²) < 4.78 is 15.8. The van der Waals surface area contributed by atoms with Crippen molar-refractivity contribution in [3.05, 3.63) is 29.8 Å². The molecule has 0 aromatic heterocycles. The Kier molecular flexibility index (Phi) is 4.59. The van der Waals surface area contributed by atoms with E-state index in [2.05, 4.69) is 0 Å². The van der Waals surface area contributed by atoms with Crippen LogP contribution in [0.4, 0.5) is 0 Å². The SMILES string of the molecule is COc1ccc(C(OC)C(C)OC)cc1. The van der Waals surface area contributed by atoms with Gasteiger partial charge in [0.1, 0.15) is 11.9 Å². The summed E-state index contributed by atoms with van der Waals surface area (Å²) in [6.45, 7) is 1.98. The molecular weight excluding hydrogens is 192 g/mol. The van der Waals surface area contributed by atoms with E-state index in [-0.39, 0.29) is 12.2 Å². The normalized spacial score (nSPS) is 14.7. The fourth-order valence-corrected chi connectivity index (χ4v) is 1.52. The van der Waals surface area contributed by atoms with Gasteiger partial charge in [0, 0.05) is 14.2 Å². The van der Waals surface area contributed by atoms with E-state index in [0.29, 0.717) is 0 Å². The zero-order chi connectivity index (χ0) is 11.3. The van der Waals surface area contributed by atoms with Crippen molar-refractivity contribution in [2.75, 3.05) is 21.3 Å². The average molecular weight is 210 g/mol. The van der Waals surface area contributed by atoms with E-state index >= 15 is 0 Å². The second kappa shape index (κ2) is 5.73. The van der Waals surface area contributed by atoms with Crippen molar-refractivity contribution >= 4 is 0 Å². The fraction of sp³-hybridized carbons (Fsp3) is 0.500. The second-order valence-corrected chi connectivity index (χ2v) is 3.37. The van der Waals surface area contributed by atoms with E-state index in [1.54, 1.807) is 21.3 Å². The Balaban J connectivity index is 2.83. The maximum Gasteiger partial charge on any atom is 0.118 e. The van der Waals surface area contributed by atoms with Gasteiger partial charge in [-0.2, -0.15) is 0 Å². The van der Waals surface area contributed by atoms with Crippen molar-refractivity contribution in [2.24, 2.45) is 0 Å². The molecule has 0 heterocycles. The fourth-order valence-electron chi connectivity index (χ4n) is 1.52. The van der Waals surface area contributed by atoms with Gasteiger partial charge in [0.05, 0.1) is 13.2 Å². The van der Waals surface area contributed by atoms with Gasteiger partial charge in [-0.1, -0.05) is 12.1 Å². The smallest absolute Gasteiger partial charge is 0.118 e. The predicted molar refractivity (Wildman–Crippen MR) is 59.2 cm³/mol. The van der Waals surface area contributed by atoms with Crippen LogP contribution in [0.2, 0.25) is 0 Å². The van der Waals surface area contributed by atoms with Crippen LogP contribution < -0.4 is 4.74 Å². The third kappa shape index (κ3) is 2.94. The highest BCUT2D eigenvalue weighted by molar-refractivity contribution is 5.28. The largest absolute Gasteiger partial charge is 0.497 e. The number of rotatable bonds is 5. The minimum Gasteiger partial charge on any atom is -0.497 e. The lowest BCUT2D eigenvalue weighted by atomic mass is 10.1. The van der Waals surface area contributed by atoms with Gasteiger partial charge in [-0.05, 0) is 24.6 Å². The van der Waals surface area contributed by atoms with Gasteiger partial charge >= 0.3 is 0 Å². The third-order valence-corrected chi connectivity index (χ3v) is 2.50. The predicted octanol–water partition coefficient (Wildman–Crippen LogP) is 2.42. The van der Waals surface area contributed by atoms with Gasteiger partial charge in [0.2, 0.25) is 0 Å². The van der Waals surface area contributed by atoms with Gasteiger partial charge in [0.25, 0.3) is 0 Å². The Morgan fingerprint density at radius 2 is 1.53 bits per heavy atom. The lowest BCUT2D eigenvalue weighted by molar-refractivity contribution is -0.0277. The first-order chi connectivity index (χ1) is 7.22. The molecular formula is C12H18O3. The molecule has 0 aliphatic heterocycles. The standard InChI is InChI=1S/C12H18O3/c1-9(13-2)12(15-4)10-5-7-11(14-3)8-6-10/h5-9,12H,1-4H3. The van der Waals surface area contributed by atoms with E-state index in [1.165, 1.54) is 0 Å². The van der Waals surface area contributed by atoms with Gasteiger partial charge in [-0.3, -0.25) is 0 Å². The summed E-state index contributed by atoms with van der Waals surface area (Å²) in [5.74, 6) is 0.846. The summed E-state index contributed by atoms with van der Waals surface area (Å²) in [7, 11) is 5.02. The van der Waals surface area contributed by atoms with Gasteiger partial charge in [0.15, 0.2) is 0 Å². The van der Waals surface area contributed by atoms with E-state index < -0.39 is 0 Å². The van der Waals surface area contributed by atoms with Crippen LogP contribution in [0.1, 0.15) is 18.6 Å². The van der Waals surface area contributed by atoms with Crippen LogP contribution in [0, 0.1) is 0 Å². The lowest BCUT2D eigenvalue weighted by Gasteiger charge is -2.21. The Hall–Kier alpha value is -1.06. The summed E-state index contributed by atoms with van der Waals surface area (Å²) >= 11 is 0. The first-order valence-electron chi connectivity index (χ1n) is 4.92. The van der Waals surface area contributed by atoms with Gasteiger partial charge in [-0.25, -0.2) is 0 Å². The lowest BCUT2D eigenvalue weighted by Crippen LogP contribution is -2.18. The van der Waals surface area contributed by atoms with Crippen molar-refractivity contribution in [1.82, 2.24) is 0 Å². The highest BCUT2D eigenvalue weighted by Crippen LogP contribution is 2.24. The molecule has 0 aliphatic carbocycles. The topological polar surface area (TPSA) is 27.7 Å². The Morgan fingerprint density at radius 1 is 0.933 bits per heavy atom. The van der Waals surface area contributed by atoms with Crippen LogP contribution in [0.15, 0.2) is 24.3 Å². The summed E-state index contributed by atoms with van der Waals surface area (Å²) in [4.78, 5) is 0. The van der Waals surface area contributed by atoms with Crippen molar-refractivity contribution in [3.63, 3.8) is 0 Å². The highest BCUT2D eigenvalue weighted by atomic mass is 16.5. The quantitative estimate of drug-likeness (QED) is 0.747. The van der Waals surface area contributed by atoms with E-state index in [4.69, 9.17) is 14.2 Å². The third-order valence-electron chi connectivity index (χ3n) is 2.50. The van der Waals surface area contributed by atoms with Crippen molar-refractivity contribution in [2.45, 2.75) is 19.1 Å². The van der Waals surface area contributed by atoms with E-state index in [0.717, 1.165) is 11.3 Å². The number of ether oxygens (including phenoxy) is 3. The molecule has 1 aromatic rings. The molecule has 0 bridgehead atoms. The Labute approximate surface area is 91.0 Å². The minimum absolute atomic E-state index is 0.0309. The molecule has 1 aromatic carbocycles. The summed E-state index contributed by atoms with van der Waals surface area (Å²) in [5, 5.41) is 0. The summed E-state index contributed by atoms with van der Waals surface area (Å²) in [5.41, 5.74) is 1.09. The molecule has 1 rings (SSSR count). The van der Waals surface area contributed by atoms with Gasteiger partial charge < -0.3 is 14.2 Å². The Bertz CT molecular complexity index is 281. The number of hydrogen-bond donors (Lipinski definition) is 0. The van der Waals surface area contributed by atoms with Crippen molar-refractivity contribution < 1.29 is 14.2 Å². The van der Waals surface area contributed by atoms with Crippen LogP contribution in [-0.4, -0.2) is 27.4 Å². The number of benzene rings is 1. The molecule has 0 saturated heterocycles. The molecule has 0 amide bonds. The molecule has 0 N–H and O–H groups in total. The molecule has 0 spiro atoms. The monoisotopic (exact) mass is 210 g/mol. The Morgan fingerprint density at radius 3 is 1.93 bits per heavy atom. The van der Waals surface area contributed by atoms with Crippen LogP contribution >= 0.6 is 0 Å². The second-order valence-electron chi connectivity index (χ2n) is 3.37. The summed E-state index contributed by atoms with van der Waals surface area (Å²) in [6, 6.07) is 7.82. The summed E-state index contributed by atoms with van der Waals surface area (Å²) in [6.07, 6.45) is -0.00991. The number of hydrogen-bond acceptors (Lipinski definition) is 3. The molecule has 0 fully saturated rings. The minimum atomic E-state index is -0.0408. The molecule has 3 heteroatoms. The van der Waals surface area contributed by atoms with Crippen LogP contribution in [0.3, 0.4) is 0 Å². The maximum atomic E-state index is 5.40. The zero-order valence-corrected chi connectivity index (χ0v) is 9.69. The maximum absolute atomic E-state index is 5.40. The first-order valence-corrected chi connectivity index (χ1v) is 4.92. The molecule has 0 radical (unpaired) electrons. The van der Waals surface area contributed by atoms with Gasteiger partial charge in [-0.15, -0.1) is 0 Å². The van der Waals surface area contributed by atoms with Crippen LogP contribution in [0.5, 0.6) is 5.75 Å². The van der Waals surface area contributed by atoms with Crippen LogP contribution in [0.25, 0.3) is 0 Å². The molecule has 84 valence electrons. The zero-order valence-electron chi connectivity index (χ0n) is 9.69. The molecule has 3 nitrogen and oxygen atoms in total. The molecule has 0 aliphatic rings. The molecule has 0 saturated carbocycles. The van der Waals surface area contributed by atoms with Crippen molar-refractivity contribution in [3.8, 4) is 5.75 Å². The van der Waals surface area contributed by atoms with E-state index in [1.807, 2.05) is 31.2 Å². The first kappa shape index (κ1) is 12.0. The molecule has 15 heavy (non-hydrogen) atoms. The van der Waals surface area contributed by atoms with Crippen LogP contribution in [-0.2, 0) is 9.47 Å².